The number of pyridine rings is 1. The van der Waals surface area contributed by atoms with Crippen LogP contribution < -0.4 is 24.3 Å². The van der Waals surface area contributed by atoms with E-state index in [1.165, 1.54) is 38.2 Å². The Hall–Kier alpha value is -3.22. The third-order valence-electron chi connectivity index (χ3n) is 5.33. The number of ether oxygens (including phenoxy) is 4. The van der Waals surface area contributed by atoms with Crippen molar-refractivity contribution < 1.29 is 23.7 Å². The SMILES string of the molecule is COc1cc(/C=C/C(=O)Nc2ncccc2OCC2CCCCC2)cc(OC)c1OC. The Morgan fingerprint density at radius 3 is 2.42 bits per heavy atom. The Morgan fingerprint density at radius 2 is 1.77 bits per heavy atom. The molecule has 2 aromatic rings. The van der Waals surface area contributed by atoms with Crippen molar-refractivity contribution in [2.75, 3.05) is 33.3 Å². The summed E-state index contributed by atoms with van der Waals surface area (Å²) < 4.78 is 22.0. The van der Waals surface area contributed by atoms with Gasteiger partial charge in [-0.05, 0) is 54.7 Å². The van der Waals surface area contributed by atoms with Crippen LogP contribution in [0.2, 0.25) is 0 Å². The van der Waals surface area contributed by atoms with Crippen molar-refractivity contribution in [1.29, 1.82) is 0 Å². The van der Waals surface area contributed by atoms with E-state index in [1.54, 1.807) is 51.8 Å². The third-order valence-corrected chi connectivity index (χ3v) is 5.33. The van der Waals surface area contributed by atoms with Crippen molar-refractivity contribution in [2.24, 2.45) is 5.92 Å². The number of carbonyl (C=O) groups is 1. The largest absolute Gasteiger partial charge is 0.493 e. The third kappa shape index (κ3) is 6.13. The minimum absolute atomic E-state index is 0.310. The van der Waals surface area contributed by atoms with Crippen molar-refractivity contribution in [1.82, 2.24) is 4.98 Å². The van der Waals surface area contributed by atoms with E-state index >= 15 is 0 Å². The molecule has 1 N–H and O–H groups in total. The minimum Gasteiger partial charge on any atom is -0.493 e. The van der Waals surface area contributed by atoms with Gasteiger partial charge in [0, 0.05) is 12.3 Å². The molecule has 1 amide bonds. The highest BCUT2D eigenvalue weighted by Gasteiger charge is 2.16. The van der Waals surface area contributed by atoms with E-state index in [2.05, 4.69) is 10.3 Å². The maximum atomic E-state index is 12.5. The van der Waals surface area contributed by atoms with Crippen molar-refractivity contribution in [3.8, 4) is 23.0 Å². The number of hydrogen-bond acceptors (Lipinski definition) is 6. The van der Waals surface area contributed by atoms with Crippen LogP contribution in [0.1, 0.15) is 37.7 Å². The molecule has 0 aliphatic heterocycles. The fourth-order valence-corrected chi connectivity index (χ4v) is 3.69. The van der Waals surface area contributed by atoms with Gasteiger partial charge in [-0.1, -0.05) is 19.3 Å². The van der Waals surface area contributed by atoms with Crippen LogP contribution in [0.5, 0.6) is 23.0 Å². The Kier molecular flexibility index (Phi) is 8.15. The van der Waals surface area contributed by atoms with Crippen molar-refractivity contribution in [2.45, 2.75) is 32.1 Å². The average Bonchev–Trinajstić information content (AvgIpc) is 2.82. The molecule has 0 saturated heterocycles. The first-order chi connectivity index (χ1) is 15.1. The Labute approximate surface area is 183 Å². The number of aromatic nitrogens is 1. The van der Waals surface area contributed by atoms with Gasteiger partial charge in [0.25, 0.3) is 0 Å². The molecule has 1 aromatic carbocycles. The molecular formula is C24H30N2O5. The summed E-state index contributed by atoms with van der Waals surface area (Å²) in [6, 6.07) is 7.17. The molecule has 1 aliphatic rings. The van der Waals surface area contributed by atoms with Crippen molar-refractivity contribution in [3.63, 3.8) is 0 Å². The molecule has 0 radical (unpaired) electrons. The number of hydrogen-bond donors (Lipinski definition) is 1. The zero-order chi connectivity index (χ0) is 22.1. The number of benzene rings is 1. The smallest absolute Gasteiger partial charge is 0.249 e. The number of rotatable bonds is 9. The predicted molar refractivity (Wildman–Crippen MR) is 120 cm³/mol. The van der Waals surface area contributed by atoms with Crippen LogP contribution in [0.4, 0.5) is 5.82 Å². The highest BCUT2D eigenvalue weighted by atomic mass is 16.5. The molecule has 1 aliphatic carbocycles. The molecule has 166 valence electrons. The quantitative estimate of drug-likeness (QED) is 0.585. The first-order valence-electron chi connectivity index (χ1n) is 10.5. The van der Waals surface area contributed by atoms with Gasteiger partial charge in [-0.3, -0.25) is 4.79 Å². The Bertz CT molecular complexity index is 882. The summed E-state index contributed by atoms with van der Waals surface area (Å²) in [6.07, 6.45) is 11.0. The summed E-state index contributed by atoms with van der Waals surface area (Å²) in [4.78, 5) is 16.8. The predicted octanol–water partition coefficient (Wildman–Crippen LogP) is 4.72. The van der Waals surface area contributed by atoms with Crippen LogP contribution in [-0.2, 0) is 4.79 Å². The van der Waals surface area contributed by atoms with E-state index in [-0.39, 0.29) is 5.91 Å². The standard InChI is InChI=1S/C24H30N2O5/c1-28-20-14-18(15-21(29-2)23(20)30-3)11-12-22(27)26-24-19(10-7-13-25-24)31-16-17-8-5-4-6-9-17/h7,10-15,17H,4-6,8-9,16H2,1-3H3,(H,25,26,27)/b12-11+. The highest BCUT2D eigenvalue weighted by molar-refractivity contribution is 6.02. The van der Waals surface area contributed by atoms with Gasteiger partial charge in [0.2, 0.25) is 11.7 Å². The van der Waals surface area contributed by atoms with Gasteiger partial charge in [0.1, 0.15) is 0 Å². The van der Waals surface area contributed by atoms with Gasteiger partial charge in [0.15, 0.2) is 23.1 Å². The lowest BCUT2D eigenvalue weighted by molar-refractivity contribution is -0.111. The minimum atomic E-state index is -0.310. The zero-order valence-corrected chi connectivity index (χ0v) is 18.3. The Morgan fingerprint density at radius 1 is 1.06 bits per heavy atom. The summed E-state index contributed by atoms with van der Waals surface area (Å²) in [5.41, 5.74) is 0.736. The molecule has 7 nitrogen and oxygen atoms in total. The molecule has 0 bridgehead atoms. The van der Waals surface area contributed by atoms with Gasteiger partial charge < -0.3 is 24.3 Å². The number of carbonyl (C=O) groups excluding carboxylic acids is 1. The van der Waals surface area contributed by atoms with Crippen molar-refractivity contribution >= 4 is 17.8 Å². The summed E-state index contributed by atoms with van der Waals surface area (Å²) in [7, 11) is 4.64. The molecule has 31 heavy (non-hydrogen) atoms. The van der Waals surface area contributed by atoms with Gasteiger partial charge >= 0.3 is 0 Å². The molecule has 7 heteroatoms. The lowest BCUT2D eigenvalue weighted by atomic mass is 9.90. The maximum absolute atomic E-state index is 12.5. The fourth-order valence-electron chi connectivity index (χ4n) is 3.69. The van der Waals surface area contributed by atoms with Crippen LogP contribution in [0.25, 0.3) is 6.08 Å². The molecule has 3 rings (SSSR count). The Balaban J connectivity index is 1.66. The summed E-state index contributed by atoms with van der Waals surface area (Å²) >= 11 is 0. The molecule has 1 fully saturated rings. The van der Waals surface area contributed by atoms with Gasteiger partial charge in [0.05, 0.1) is 27.9 Å². The molecule has 1 aromatic heterocycles. The molecule has 0 unspecified atom stereocenters. The van der Waals surface area contributed by atoms with Crippen LogP contribution in [0, 0.1) is 5.92 Å². The first-order valence-corrected chi connectivity index (χ1v) is 10.5. The molecule has 0 atom stereocenters. The van der Waals surface area contributed by atoms with E-state index in [0.29, 0.717) is 41.3 Å². The molecule has 1 saturated carbocycles. The van der Waals surface area contributed by atoms with Crippen LogP contribution in [0.3, 0.4) is 0 Å². The zero-order valence-electron chi connectivity index (χ0n) is 18.3. The number of anilines is 1. The van der Waals surface area contributed by atoms with E-state index in [4.69, 9.17) is 18.9 Å². The van der Waals surface area contributed by atoms with E-state index in [0.717, 1.165) is 5.56 Å². The number of nitrogens with zero attached hydrogens (tertiary/aromatic N) is 1. The van der Waals surface area contributed by atoms with E-state index in [9.17, 15) is 4.79 Å². The summed E-state index contributed by atoms with van der Waals surface area (Å²) in [6.45, 7) is 0.649. The highest BCUT2D eigenvalue weighted by Crippen LogP contribution is 2.38. The molecular weight excluding hydrogens is 396 g/mol. The van der Waals surface area contributed by atoms with Gasteiger partial charge in [-0.25, -0.2) is 4.98 Å². The van der Waals surface area contributed by atoms with Gasteiger partial charge in [-0.15, -0.1) is 0 Å². The van der Waals surface area contributed by atoms with Crippen LogP contribution >= 0.6 is 0 Å². The number of amides is 1. The number of nitrogens with one attached hydrogen (secondary N) is 1. The van der Waals surface area contributed by atoms with E-state index in [1.807, 2.05) is 6.07 Å². The second-order valence-electron chi connectivity index (χ2n) is 7.45. The maximum Gasteiger partial charge on any atom is 0.249 e. The van der Waals surface area contributed by atoms with Crippen LogP contribution in [0.15, 0.2) is 36.5 Å². The molecule has 0 spiro atoms. The van der Waals surface area contributed by atoms with Gasteiger partial charge in [-0.2, -0.15) is 0 Å². The number of methoxy groups -OCH3 is 3. The van der Waals surface area contributed by atoms with E-state index < -0.39 is 0 Å². The summed E-state index contributed by atoms with van der Waals surface area (Å²) in [5, 5.41) is 2.80. The normalized spacial score (nSPS) is 14.3. The second kappa shape index (κ2) is 11.2. The topological polar surface area (TPSA) is 78.9 Å². The molecule has 1 heterocycles. The van der Waals surface area contributed by atoms with Crippen LogP contribution in [-0.4, -0.2) is 38.8 Å². The first kappa shape index (κ1) is 22.5. The monoisotopic (exact) mass is 426 g/mol. The summed E-state index contributed by atoms with van der Waals surface area (Å²) in [5.74, 6) is 2.79. The lowest BCUT2D eigenvalue weighted by Gasteiger charge is -2.22. The average molecular weight is 427 g/mol. The lowest BCUT2D eigenvalue weighted by Crippen LogP contribution is -2.17. The second-order valence-corrected chi connectivity index (χ2v) is 7.45. The van der Waals surface area contributed by atoms with Crippen molar-refractivity contribution in [3.05, 3.63) is 42.1 Å². The fraction of sp³-hybridized carbons (Fsp3) is 0.417.